The van der Waals surface area contributed by atoms with E-state index in [1.54, 1.807) is 24.3 Å². The predicted molar refractivity (Wildman–Crippen MR) is 124 cm³/mol. The zero-order valence-electron chi connectivity index (χ0n) is 17.6. The fraction of sp³-hybridized carbons (Fsp3) is 0.273. The number of nitrogens with one attached hydrogen (secondary N) is 2. The molecule has 0 aliphatic heterocycles. The predicted octanol–water partition coefficient (Wildman–Crippen LogP) is 4.48. The van der Waals surface area contributed by atoms with Gasteiger partial charge in [0.15, 0.2) is 11.0 Å². The van der Waals surface area contributed by atoms with E-state index in [9.17, 15) is 9.59 Å². The van der Waals surface area contributed by atoms with Crippen LogP contribution in [0.4, 0.5) is 5.69 Å². The van der Waals surface area contributed by atoms with Gasteiger partial charge in [0, 0.05) is 22.8 Å². The lowest BCUT2D eigenvalue weighted by molar-refractivity contribution is -0.113. The van der Waals surface area contributed by atoms with Crippen molar-refractivity contribution in [2.24, 2.45) is 0 Å². The normalized spacial score (nSPS) is 11.7. The zero-order valence-corrected chi connectivity index (χ0v) is 19.1. The van der Waals surface area contributed by atoms with Crippen molar-refractivity contribution in [1.82, 2.24) is 20.1 Å². The molecule has 0 fully saturated rings. The minimum Gasteiger partial charge on any atom is -0.342 e. The van der Waals surface area contributed by atoms with E-state index in [-0.39, 0.29) is 23.6 Å². The summed E-state index contributed by atoms with van der Waals surface area (Å²) in [6.07, 6.45) is 0. The van der Waals surface area contributed by atoms with Gasteiger partial charge < -0.3 is 15.2 Å². The maximum absolute atomic E-state index is 12.5. The second-order valence-corrected chi connectivity index (χ2v) is 8.37. The van der Waals surface area contributed by atoms with Crippen molar-refractivity contribution in [3.05, 3.63) is 70.5 Å². The number of anilines is 1. The Morgan fingerprint density at radius 3 is 2.58 bits per heavy atom. The highest BCUT2D eigenvalue weighted by Crippen LogP contribution is 2.21. The van der Waals surface area contributed by atoms with Gasteiger partial charge in [0.2, 0.25) is 5.91 Å². The lowest BCUT2D eigenvalue weighted by atomic mass is 10.2. The van der Waals surface area contributed by atoms with Gasteiger partial charge in [-0.3, -0.25) is 9.59 Å². The van der Waals surface area contributed by atoms with Crippen molar-refractivity contribution in [1.29, 1.82) is 0 Å². The summed E-state index contributed by atoms with van der Waals surface area (Å²) in [6.45, 7) is 6.41. The minimum absolute atomic E-state index is 0.119. The second kappa shape index (κ2) is 10.5. The molecule has 0 aliphatic rings. The van der Waals surface area contributed by atoms with Gasteiger partial charge in [-0.05, 0) is 62.7 Å². The smallest absolute Gasteiger partial charge is 0.251 e. The van der Waals surface area contributed by atoms with Crippen molar-refractivity contribution < 1.29 is 9.59 Å². The Morgan fingerprint density at radius 1 is 1.16 bits per heavy atom. The van der Waals surface area contributed by atoms with Crippen LogP contribution in [0.1, 0.15) is 41.6 Å². The van der Waals surface area contributed by atoms with Crippen molar-refractivity contribution in [2.75, 3.05) is 11.1 Å². The first-order valence-corrected chi connectivity index (χ1v) is 11.2. The Balaban J connectivity index is 1.62. The van der Waals surface area contributed by atoms with Crippen LogP contribution in [0.15, 0.2) is 53.7 Å². The molecule has 7 nitrogen and oxygen atoms in total. The molecular weight excluding hydrogens is 434 g/mol. The summed E-state index contributed by atoms with van der Waals surface area (Å²) in [4.78, 5) is 24.8. The first-order chi connectivity index (χ1) is 14.9. The number of carbonyl (C=O) groups excluding carboxylic acids is 2. The van der Waals surface area contributed by atoms with Gasteiger partial charge in [-0.2, -0.15) is 0 Å². The number of benzene rings is 2. The summed E-state index contributed by atoms with van der Waals surface area (Å²) < 4.78 is 1.90. The van der Waals surface area contributed by atoms with E-state index >= 15 is 0 Å². The van der Waals surface area contributed by atoms with Gasteiger partial charge in [0.05, 0.1) is 11.8 Å². The van der Waals surface area contributed by atoms with Crippen LogP contribution < -0.4 is 10.6 Å². The van der Waals surface area contributed by atoms with Gasteiger partial charge >= 0.3 is 0 Å². The van der Waals surface area contributed by atoms with Crippen molar-refractivity contribution in [3.63, 3.8) is 0 Å². The van der Waals surface area contributed by atoms with E-state index in [0.29, 0.717) is 28.1 Å². The Kier molecular flexibility index (Phi) is 7.70. The van der Waals surface area contributed by atoms with Crippen LogP contribution in [-0.4, -0.2) is 32.3 Å². The van der Waals surface area contributed by atoms with E-state index in [0.717, 1.165) is 11.3 Å². The molecule has 0 aliphatic carbocycles. The number of halogens is 1. The third-order valence-electron chi connectivity index (χ3n) is 4.54. The highest BCUT2D eigenvalue weighted by Gasteiger charge is 2.20. The standard InChI is InChI=1S/C22H24ClN5O2S/c1-4-28-20(15(3)24-21(30)16-8-10-17(23)11-9-16)26-27-22(28)31-13-19(29)25-18-7-5-6-14(2)12-18/h5-12,15H,4,13H2,1-3H3,(H,24,30)(H,25,29). The molecule has 0 spiro atoms. The van der Waals surface area contributed by atoms with Crippen LogP contribution in [0.2, 0.25) is 5.02 Å². The summed E-state index contributed by atoms with van der Waals surface area (Å²) in [5, 5.41) is 15.5. The van der Waals surface area contributed by atoms with Gasteiger partial charge in [-0.15, -0.1) is 10.2 Å². The molecule has 1 unspecified atom stereocenters. The number of aromatic nitrogens is 3. The van der Waals surface area contributed by atoms with Gasteiger partial charge in [-0.25, -0.2) is 0 Å². The number of thioether (sulfide) groups is 1. The Morgan fingerprint density at radius 2 is 1.90 bits per heavy atom. The topological polar surface area (TPSA) is 88.9 Å². The van der Waals surface area contributed by atoms with E-state index in [2.05, 4.69) is 20.8 Å². The molecule has 0 saturated carbocycles. The molecule has 162 valence electrons. The van der Waals surface area contributed by atoms with Crippen LogP contribution in [0, 0.1) is 6.92 Å². The van der Waals surface area contributed by atoms with Gasteiger partial charge in [-0.1, -0.05) is 35.5 Å². The average Bonchev–Trinajstić information content (AvgIpc) is 3.16. The van der Waals surface area contributed by atoms with E-state index in [4.69, 9.17) is 11.6 Å². The first kappa shape index (κ1) is 22.8. The van der Waals surface area contributed by atoms with E-state index in [1.165, 1.54) is 11.8 Å². The quantitative estimate of drug-likeness (QED) is 0.487. The second-order valence-electron chi connectivity index (χ2n) is 6.99. The molecule has 0 bridgehead atoms. The number of amides is 2. The van der Waals surface area contributed by atoms with E-state index in [1.807, 2.05) is 49.6 Å². The summed E-state index contributed by atoms with van der Waals surface area (Å²) in [7, 11) is 0. The summed E-state index contributed by atoms with van der Waals surface area (Å²) in [5.74, 6) is 0.497. The lowest BCUT2D eigenvalue weighted by Gasteiger charge is -2.15. The molecule has 1 heterocycles. The molecule has 2 N–H and O–H groups in total. The van der Waals surface area contributed by atoms with E-state index < -0.39 is 0 Å². The molecule has 9 heteroatoms. The maximum Gasteiger partial charge on any atom is 0.251 e. The molecule has 31 heavy (non-hydrogen) atoms. The number of hydrogen-bond acceptors (Lipinski definition) is 5. The molecule has 2 aromatic carbocycles. The lowest BCUT2D eigenvalue weighted by Crippen LogP contribution is -2.28. The van der Waals surface area contributed by atoms with Crippen molar-refractivity contribution in [2.45, 2.75) is 38.5 Å². The van der Waals surface area contributed by atoms with Crippen molar-refractivity contribution >= 4 is 40.9 Å². The number of hydrogen-bond donors (Lipinski definition) is 2. The highest BCUT2D eigenvalue weighted by molar-refractivity contribution is 7.99. The third kappa shape index (κ3) is 6.08. The molecule has 3 rings (SSSR count). The number of rotatable bonds is 8. The third-order valence-corrected chi connectivity index (χ3v) is 5.76. The molecule has 2 amide bonds. The van der Waals surface area contributed by atoms with Crippen LogP contribution >= 0.6 is 23.4 Å². The van der Waals surface area contributed by atoms with Gasteiger partial charge in [0.25, 0.3) is 5.91 Å². The molecule has 1 aromatic heterocycles. The van der Waals surface area contributed by atoms with Crippen LogP contribution in [-0.2, 0) is 11.3 Å². The fourth-order valence-corrected chi connectivity index (χ4v) is 3.96. The largest absolute Gasteiger partial charge is 0.342 e. The first-order valence-electron chi connectivity index (χ1n) is 9.86. The Labute approximate surface area is 190 Å². The average molecular weight is 458 g/mol. The Hall–Kier alpha value is -2.84. The Bertz CT molecular complexity index is 1070. The van der Waals surface area contributed by atoms with Crippen molar-refractivity contribution in [3.8, 4) is 0 Å². The zero-order chi connectivity index (χ0) is 22.4. The summed E-state index contributed by atoms with van der Waals surface area (Å²) in [5.41, 5.74) is 2.36. The highest BCUT2D eigenvalue weighted by atomic mass is 35.5. The van der Waals surface area contributed by atoms with Crippen LogP contribution in [0.5, 0.6) is 0 Å². The summed E-state index contributed by atoms with van der Waals surface area (Å²) in [6, 6.07) is 14.0. The molecule has 0 radical (unpaired) electrons. The van der Waals surface area contributed by atoms with Gasteiger partial charge in [0.1, 0.15) is 0 Å². The number of aryl methyl sites for hydroxylation is 1. The molecular formula is C22H24ClN5O2S. The van der Waals surface area contributed by atoms with Crippen LogP contribution in [0.25, 0.3) is 0 Å². The van der Waals surface area contributed by atoms with Crippen LogP contribution in [0.3, 0.4) is 0 Å². The number of nitrogens with zero attached hydrogens (tertiary/aromatic N) is 3. The monoisotopic (exact) mass is 457 g/mol. The molecule has 3 aromatic rings. The molecule has 1 atom stereocenters. The minimum atomic E-state index is -0.355. The molecule has 0 saturated heterocycles. The SMILES string of the molecule is CCn1c(SCC(=O)Nc2cccc(C)c2)nnc1C(C)NC(=O)c1ccc(Cl)cc1. The fourth-order valence-electron chi connectivity index (χ4n) is 3.02. The number of carbonyl (C=O) groups is 2. The maximum atomic E-state index is 12.5. The summed E-state index contributed by atoms with van der Waals surface area (Å²) >= 11 is 7.19.